The first-order chi connectivity index (χ1) is 11.6. The smallest absolute Gasteiger partial charge is 0.336 e. The quantitative estimate of drug-likeness (QED) is 0.809. The lowest BCUT2D eigenvalue weighted by molar-refractivity contribution is -0.919. The Hall–Kier alpha value is -2.14. The summed E-state index contributed by atoms with van der Waals surface area (Å²) in [5.74, 6) is -0.176. The van der Waals surface area contributed by atoms with Crippen molar-refractivity contribution in [2.75, 3.05) is 13.1 Å². The first kappa shape index (κ1) is 15.4. The second-order valence-electron chi connectivity index (χ2n) is 7.16. The van der Waals surface area contributed by atoms with Gasteiger partial charge in [-0.05, 0) is 42.5 Å². The molecule has 1 fully saturated rings. The first-order valence-electron chi connectivity index (χ1n) is 8.81. The molecule has 5 nitrogen and oxygen atoms in total. The zero-order valence-corrected chi connectivity index (χ0v) is 13.8. The van der Waals surface area contributed by atoms with Gasteiger partial charge in [0, 0.05) is 35.8 Å². The van der Waals surface area contributed by atoms with Crippen molar-refractivity contribution in [3.8, 4) is 0 Å². The molecule has 0 atom stereocenters. The van der Waals surface area contributed by atoms with Gasteiger partial charge in [0.05, 0.1) is 13.1 Å². The molecule has 24 heavy (non-hydrogen) atoms. The van der Waals surface area contributed by atoms with Gasteiger partial charge in [0.1, 0.15) is 12.1 Å². The van der Waals surface area contributed by atoms with Gasteiger partial charge >= 0.3 is 5.63 Å². The number of amides is 1. The number of likely N-dealkylation sites (tertiary alicyclic amines) is 1. The van der Waals surface area contributed by atoms with E-state index in [4.69, 9.17) is 10.2 Å². The Labute approximate surface area is 140 Å². The summed E-state index contributed by atoms with van der Waals surface area (Å²) in [4.78, 5) is 24.7. The SMILES string of the molecule is NC(=O)C1CC[NH+](Cc2cc(=O)oc3cc4c(cc23)CCC4)CC1. The van der Waals surface area contributed by atoms with Crippen molar-refractivity contribution in [1.29, 1.82) is 0 Å². The zero-order chi connectivity index (χ0) is 16.7. The van der Waals surface area contributed by atoms with Crippen LogP contribution in [0.3, 0.4) is 0 Å². The summed E-state index contributed by atoms with van der Waals surface area (Å²) in [7, 11) is 0. The summed E-state index contributed by atoms with van der Waals surface area (Å²) < 4.78 is 5.44. The Morgan fingerprint density at radius 3 is 2.58 bits per heavy atom. The van der Waals surface area contributed by atoms with Crippen LogP contribution in [0.25, 0.3) is 11.0 Å². The van der Waals surface area contributed by atoms with Crippen molar-refractivity contribution in [2.45, 2.75) is 38.6 Å². The Morgan fingerprint density at radius 1 is 1.17 bits per heavy atom. The Balaban J connectivity index is 1.62. The van der Waals surface area contributed by atoms with Crippen LogP contribution in [0, 0.1) is 5.92 Å². The van der Waals surface area contributed by atoms with Crippen molar-refractivity contribution in [2.24, 2.45) is 11.7 Å². The monoisotopic (exact) mass is 327 g/mol. The molecule has 0 spiro atoms. The molecule has 1 aromatic heterocycles. The Bertz CT molecular complexity index is 848. The molecule has 0 unspecified atom stereocenters. The fraction of sp³-hybridized carbons (Fsp3) is 0.474. The number of rotatable bonds is 3. The molecule has 1 amide bonds. The fourth-order valence-electron chi connectivity index (χ4n) is 4.20. The normalized spacial score (nSPS) is 23.3. The van der Waals surface area contributed by atoms with Crippen LogP contribution in [0.4, 0.5) is 0 Å². The second kappa shape index (κ2) is 6.06. The van der Waals surface area contributed by atoms with Gasteiger partial charge in [-0.3, -0.25) is 4.79 Å². The fourth-order valence-corrected chi connectivity index (χ4v) is 4.20. The number of carbonyl (C=O) groups excluding carboxylic acids is 1. The van der Waals surface area contributed by atoms with E-state index in [9.17, 15) is 9.59 Å². The van der Waals surface area contributed by atoms with Crippen molar-refractivity contribution < 1.29 is 14.1 Å². The van der Waals surface area contributed by atoms with Crippen LogP contribution in [0.1, 0.15) is 36.0 Å². The van der Waals surface area contributed by atoms with Gasteiger partial charge in [-0.25, -0.2) is 4.79 Å². The van der Waals surface area contributed by atoms with E-state index >= 15 is 0 Å². The molecular weight excluding hydrogens is 304 g/mol. The van der Waals surface area contributed by atoms with Gasteiger partial charge in [-0.1, -0.05) is 0 Å². The Kier molecular flexibility index (Phi) is 3.88. The van der Waals surface area contributed by atoms with Crippen LogP contribution in [0.5, 0.6) is 0 Å². The molecule has 2 aliphatic rings. The number of fused-ring (bicyclic) bond motifs is 2. The van der Waals surface area contributed by atoms with Crippen molar-refractivity contribution in [3.05, 3.63) is 45.3 Å². The third-order valence-electron chi connectivity index (χ3n) is 5.58. The lowest BCUT2D eigenvalue weighted by atomic mass is 9.95. The zero-order valence-electron chi connectivity index (χ0n) is 13.8. The molecule has 5 heteroatoms. The van der Waals surface area contributed by atoms with Gasteiger partial charge in [0.2, 0.25) is 5.91 Å². The van der Waals surface area contributed by atoms with Crippen molar-refractivity contribution in [3.63, 3.8) is 0 Å². The molecule has 126 valence electrons. The molecule has 1 saturated heterocycles. The number of piperidine rings is 1. The van der Waals surface area contributed by atoms with E-state index in [1.165, 1.54) is 22.4 Å². The molecular formula is C19H23N2O3+. The molecule has 4 rings (SSSR count). The van der Waals surface area contributed by atoms with Crippen molar-refractivity contribution in [1.82, 2.24) is 0 Å². The number of aryl methyl sites for hydroxylation is 2. The highest BCUT2D eigenvalue weighted by Gasteiger charge is 2.26. The van der Waals surface area contributed by atoms with Crippen LogP contribution < -0.4 is 16.3 Å². The highest BCUT2D eigenvalue weighted by atomic mass is 16.4. The number of hydrogen-bond acceptors (Lipinski definition) is 3. The van der Waals surface area contributed by atoms with Crippen LogP contribution in [-0.2, 0) is 24.2 Å². The number of benzene rings is 1. The average molecular weight is 327 g/mol. The van der Waals surface area contributed by atoms with Crippen LogP contribution in [0.2, 0.25) is 0 Å². The molecule has 2 heterocycles. The highest BCUT2D eigenvalue weighted by molar-refractivity contribution is 5.82. The predicted molar refractivity (Wildman–Crippen MR) is 90.8 cm³/mol. The largest absolute Gasteiger partial charge is 0.423 e. The number of hydrogen-bond donors (Lipinski definition) is 2. The molecule has 0 bridgehead atoms. The predicted octanol–water partition coefficient (Wildman–Crippen LogP) is 0.562. The highest BCUT2D eigenvalue weighted by Crippen LogP contribution is 2.28. The minimum absolute atomic E-state index is 0.00889. The van der Waals surface area contributed by atoms with Crippen LogP contribution >= 0.6 is 0 Å². The summed E-state index contributed by atoms with van der Waals surface area (Å²) in [6.07, 6.45) is 5.03. The van der Waals surface area contributed by atoms with E-state index in [1.54, 1.807) is 6.07 Å². The van der Waals surface area contributed by atoms with E-state index in [-0.39, 0.29) is 17.5 Å². The maximum atomic E-state index is 12.0. The lowest BCUT2D eigenvalue weighted by Gasteiger charge is -2.27. The summed E-state index contributed by atoms with van der Waals surface area (Å²) in [5, 5.41) is 1.07. The molecule has 1 aliphatic heterocycles. The molecule has 0 saturated carbocycles. The third kappa shape index (κ3) is 2.84. The number of nitrogens with two attached hydrogens (primary N) is 1. The second-order valence-corrected chi connectivity index (χ2v) is 7.16. The van der Waals surface area contributed by atoms with Gasteiger partial charge < -0.3 is 15.1 Å². The standard InChI is InChI=1S/C19H22N2O3/c20-19(23)12-4-6-21(7-5-12)11-15-10-18(22)24-17-9-14-3-1-2-13(14)8-16(15)17/h8-10,12H,1-7,11H2,(H2,20,23)/p+1. The third-order valence-corrected chi connectivity index (χ3v) is 5.58. The Morgan fingerprint density at radius 2 is 1.88 bits per heavy atom. The summed E-state index contributed by atoms with van der Waals surface area (Å²) >= 11 is 0. The van der Waals surface area contributed by atoms with E-state index in [1.807, 2.05) is 0 Å². The number of nitrogens with one attached hydrogen (secondary N) is 1. The summed E-state index contributed by atoms with van der Waals surface area (Å²) in [6, 6.07) is 5.90. The van der Waals surface area contributed by atoms with Gasteiger partial charge in [-0.15, -0.1) is 0 Å². The molecule has 3 N–H and O–H groups in total. The minimum Gasteiger partial charge on any atom is -0.423 e. The van der Waals surface area contributed by atoms with E-state index in [0.29, 0.717) is 5.58 Å². The van der Waals surface area contributed by atoms with Gasteiger partial charge in [-0.2, -0.15) is 0 Å². The van der Waals surface area contributed by atoms with E-state index < -0.39 is 0 Å². The average Bonchev–Trinajstić information content (AvgIpc) is 3.00. The molecule has 0 radical (unpaired) electrons. The topological polar surface area (TPSA) is 77.7 Å². The van der Waals surface area contributed by atoms with Crippen molar-refractivity contribution >= 4 is 16.9 Å². The van der Waals surface area contributed by atoms with E-state index in [0.717, 1.165) is 56.3 Å². The van der Waals surface area contributed by atoms with Crippen LogP contribution in [-0.4, -0.2) is 19.0 Å². The molecule has 1 aromatic carbocycles. The summed E-state index contributed by atoms with van der Waals surface area (Å²) in [5.41, 5.74) is 9.61. The number of carbonyl (C=O) groups is 1. The summed E-state index contributed by atoms with van der Waals surface area (Å²) in [6.45, 7) is 2.63. The number of primary amides is 1. The van der Waals surface area contributed by atoms with Gasteiger partial charge in [0.15, 0.2) is 0 Å². The van der Waals surface area contributed by atoms with Crippen LogP contribution in [0.15, 0.2) is 27.4 Å². The minimum atomic E-state index is -0.276. The first-order valence-corrected chi connectivity index (χ1v) is 8.81. The maximum Gasteiger partial charge on any atom is 0.336 e. The molecule has 1 aliphatic carbocycles. The molecule has 2 aromatic rings. The maximum absolute atomic E-state index is 12.0. The lowest BCUT2D eigenvalue weighted by Crippen LogP contribution is -3.11. The van der Waals surface area contributed by atoms with Gasteiger partial charge in [0.25, 0.3) is 0 Å². The number of quaternary nitrogens is 1. The van der Waals surface area contributed by atoms with E-state index in [2.05, 4.69) is 12.1 Å².